The minimum absolute atomic E-state index is 0.135. The fourth-order valence-electron chi connectivity index (χ4n) is 1.99. The lowest BCUT2D eigenvalue weighted by atomic mass is 10.2. The average Bonchev–Trinajstić information content (AvgIpc) is 2.56. The minimum Gasteiger partial charge on any atom is -0.309 e. The second-order valence-corrected chi connectivity index (χ2v) is 3.89. The van der Waals surface area contributed by atoms with Crippen LogP contribution in [0.3, 0.4) is 0 Å². The third-order valence-electron chi connectivity index (χ3n) is 2.72. The van der Waals surface area contributed by atoms with Gasteiger partial charge in [-0.3, -0.25) is 4.90 Å². The monoisotopic (exact) mass is 206 g/mol. The van der Waals surface area contributed by atoms with Crippen LogP contribution in [-0.4, -0.2) is 43.8 Å². The molecule has 0 unspecified atom stereocenters. The Morgan fingerprint density at radius 3 is 2.21 bits per heavy atom. The fourth-order valence-corrected chi connectivity index (χ4v) is 1.99. The van der Waals surface area contributed by atoms with E-state index < -0.39 is 12.6 Å². The summed E-state index contributed by atoms with van der Waals surface area (Å²) in [6.45, 7) is 3.29. The molecule has 0 aromatic rings. The fraction of sp³-hybridized carbons (Fsp3) is 0.778. The molecule has 80 valence electrons. The second kappa shape index (κ2) is 3.55. The van der Waals surface area contributed by atoms with Gasteiger partial charge in [-0.05, 0) is 11.1 Å². The molecule has 0 fully saturated rings. The van der Waals surface area contributed by atoms with E-state index in [-0.39, 0.29) is 6.54 Å². The third kappa shape index (κ3) is 2.27. The van der Waals surface area contributed by atoms with Crippen molar-refractivity contribution in [2.24, 2.45) is 0 Å². The van der Waals surface area contributed by atoms with Gasteiger partial charge in [0.25, 0.3) is 0 Å². The summed E-state index contributed by atoms with van der Waals surface area (Å²) in [6.07, 6.45) is -4.72. The van der Waals surface area contributed by atoms with Gasteiger partial charge in [-0.1, -0.05) is 0 Å². The molecule has 14 heavy (non-hydrogen) atoms. The van der Waals surface area contributed by atoms with Crippen LogP contribution in [0.1, 0.15) is 6.42 Å². The molecule has 5 heteroatoms. The first-order chi connectivity index (χ1) is 6.54. The maximum Gasteiger partial charge on any atom is 0.390 e. The zero-order valence-electron chi connectivity index (χ0n) is 7.82. The maximum atomic E-state index is 11.9. The molecule has 0 saturated heterocycles. The van der Waals surface area contributed by atoms with Crippen LogP contribution >= 0.6 is 0 Å². The molecule has 2 aliphatic heterocycles. The number of hydrogen-bond acceptors (Lipinski definition) is 2. The van der Waals surface area contributed by atoms with Crippen molar-refractivity contribution >= 4 is 0 Å². The molecule has 0 bridgehead atoms. The first-order valence-corrected chi connectivity index (χ1v) is 4.74. The Bertz CT molecular complexity index is 241. The van der Waals surface area contributed by atoms with Crippen LogP contribution in [0, 0.1) is 0 Å². The number of nitrogens with one attached hydrogen (secondary N) is 1. The number of hydrogen-bond donors (Lipinski definition) is 1. The summed E-state index contributed by atoms with van der Waals surface area (Å²) in [5.41, 5.74) is 2.60. The van der Waals surface area contributed by atoms with E-state index in [4.69, 9.17) is 0 Å². The molecule has 0 radical (unpaired) electrons. The van der Waals surface area contributed by atoms with Crippen LogP contribution < -0.4 is 5.32 Å². The Labute approximate surface area is 80.8 Å². The van der Waals surface area contributed by atoms with Crippen LogP contribution in [0.15, 0.2) is 11.1 Å². The summed E-state index contributed by atoms with van der Waals surface area (Å²) in [4.78, 5) is 1.87. The maximum absolute atomic E-state index is 11.9. The van der Waals surface area contributed by atoms with E-state index >= 15 is 0 Å². The summed E-state index contributed by atoms with van der Waals surface area (Å²) < 4.78 is 35.8. The van der Waals surface area contributed by atoms with E-state index in [1.165, 1.54) is 11.1 Å². The van der Waals surface area contributed by atoms with Crippen molar-refractivity contribution in [2.75, 3.05) is 32.7 Å². The summed E-state index contributed by atoms with van der Waals surface area (Å²) in [6, 6.07) is 0. The highest BCUT2D eigenvalue weighted by molar-refractivity contribution is 5.29. The largest absolute Gasteiger partial charge is 0.390 e. The smallest absolute Gasteiger partial charge is 0.309 e. The van der Waals surface area contributed by atoms with Crippen LogP contribution in [0.2, 0.25) is 0 Å². The Kier molecular flexibility index (Phi) is 2.53. The third-order valence-corrected chi connectivity index (χ3v) is 2.72. The van der Waals surface area contributed by atoms with Crippen molar-refractivity contribution in [3.8, 4) is 0 Å². The zero-order valence-corrected chi connectivity index (χ0v) is 7.82. The minimum atomic E-state index is -4.02. The lowest BCUT2D eigenvalue weighted by Crippen LogP contribution is -2.30. The Morgan fingerprint density at radius 2 is 1.71 bits per heavy atom. The molecule has 0 saturated carbocycles. The van der Waals surface area contributed by atoms with Crippen molar-refractivity contribution in [1.29, 1.82) is 0 Å². The van der Waals surface area contributed by atoms with E-state index in [1.54, 1.807) is 0 Å². The van der Waals surface area contributed by atoms with E-state index in [0.29, 0.717) is 0 Å². The van der Waals surface area contributed by atoms with Crippen LogP contribution in [-0.2, 0) is 0 Å². The van der Waals surface area contributed by atoms with E-state index in [0.717, 1.165) is 26.2 Å². The van der Waals surface area contributed by atoms with Gasteiger partial charge in [-0.15, -0.1) is 0 Å². The van der Waals surface area contributed by atoms with Gasteiger partial charge in [0.15, 0.2) is 0 Å². The van der Waals surface area contributed by atoms with Gasteiger partial charge in [0.05, 0.1) is 6.42 Å². The summed E-state index contributed by atoms with van der Waals surface area (Å²) in [5, 5.41) is 3.19. The molecule has 2 rings (SSSR count). The highest BCUT2D eigenvalue weighted by Crippen LogP contribution is 2.24. The number of halogens is 3. The number of nitrogens with zero attached hydrogens (tertiary/aromatic N) is 1. The molecule has 2 nitrogen and oxygen atoms in total. The highest BCUT2D eigenvalue weighted by Gasteiger charge is 2.30. The highest BCUT2D eigenvalue weighted by atomic mass is 19.4. The topological polar surface area (TPSA) is 15.3 Å². The molecule has 0 aliphatic carbocycles. The Balaban J connectivity index is 1.77. The molecule has 2 heterocycles. The number of rotatable bonds is 2. The predicted octanol–water partition coefficient (Wildman–Crippen LogP) is 1.15. The van der Waals surface area contributed by atoms with Gasteiger partial charge in [0.2, 0.25) is 0 Å². The van der Waals surface area contributed by atoms with Crippen LogP contribution in [0.4, 0.5) is 13.2 Å². The van der Waals surface area contributed by atoms with Crippen LogP contribution in [0.25, 0.3) is 0 Å². The zero-order chi connectivity index (χ0) is 10.2. The molecule has 1 N–H and O–H groups in total. The van der Waals surface area contributed by atoms with Crippen molar-refractivity contribution in [2.45, 2.75) is 12.6 Å². The standard InChI is InChI=1S/C9H13F3N2/c10-9(11,12)1-2-14-5-7-3-13-4-8(7)6-14/h13H,1-6H2. The first kappa shape index (κ1) is 9.98. The molecular formula is C9H13F3N2. The Hall–Kier alpha value is -0.550. The summed E-state index contributed by atoms with van der Waals surface area (Å²) in [5.74, 6) is 0. The van der Waals surface area contributed by atoms with Crippen molar-refractivity contribution < 1.29 is 13.2 Å². The van der Waals surface area contributed by atoms with Gasteiger partial charge < -0.3 is 5.32 Å². The van der Waals surface area contributed by atoms with E-state index in [1.807, 2.05) is 4.90 Å². The van der Waals surface area contributed by atoms with Crippen LogP contribution in [0.5, 0.6) is 0 Å². The van der Waals surface area contributed by atoms with Gasteiger partial charge >= 0.3 is 6.18 Å². The van der Waals surface area contributed by atoms with E-state index in [9.17, 15) is 13.2 Å². The van der Waals surface area contributed by atoms with Crippen molar-refractivity contribution in [3.05, 3.63) is 11.1 Å². The lowest BCUT2D eigenvalue weighted by Gasteiger charge is -2.18. The van der Waals surface area contributed by atoms with Gasteiger partial charge in [0.1, 0.15) is 0 Å². The average molecular weight is 206 g/mol. The van der Waals surface area contributed by atoms with E-state index in [2.05, 4.69) is 5.32 Å². The summed E-state index contributed by atoms with van der Waals surface area (Å²) in [7, 11) is 0. The summed E-state index contributed by atoms with van der Waals surface area (Å²) >= 11 is 0. The SMILES string of the molecule is FC(F)(F)CCN1CC2=C(CNC2)C1. The molecule has 0 spiro atoms. The molecular weight excluding hydrogens is 193 g/mol. The van der Waals surface area contributed by atoms with Gasteiger partial charge in [-0.25, -0.2) is 0 Å². The lowest BCUT2D eigenvalue weighted by molar-refractivity contribution is -0.137. The molecule has 0 aromatic heterocycles. The van der Waals surface area contributed by atoms with Gasteiger partial charge in [0, 0.05) is 32.7 Å². The molecule has 0 aromatic carbocycles. The molecule has 0 atom stereocenters. The van der Waals surface area contributed by atoms with Crippen molar-refractivity contribution in [3.63, 3.8) is 0 Å². The first-order valence-electron chi connectivity index (χ1n) is 4.74. The normalized spacial score (nSPS) is 23.4. The molecule has 0 amide bonds. The quantitative estimate of drug-likeness (QED) is 0.682. The Morgan fingerprint density at radius 1 is 1.14 bits per heavy atom. The van der Waals surface area contributed by atoms with Crippen molar-refractivity contribution in [1.82, 2.24) is 10.2 Å². The predicted molar refractivity (Wildman–Crippen MR) is 47.0 cm³/mol. The van der Waals surface area contributed by atoms with Gasteiger partial charge in [-0.2, -0.15) is 13.2 Å². The second-order valence-electron chi connectivity index (χ2n) is 3.89. The molecule has 2 aliphatic rings. The number of alkyl halides is 3.